The van der Waals surface area contributed by atoms with Crippen LogP contribution in [0.4, 0.5) is 8.78 Å². The molecule has 0 aromatic rings. The van der Waals surface area contributed by atoms with E-state index in [4.69, 9.17) is 0 Å². The molecule has 1 aliphatic heterocycles. The van der Waals surface area contributed by atoms with E-state index in [0.29, 0.717) is 24.8 Å². The van der Waals surface area contributed by atoms with Crippen LogP contribution in [0.5, 0.6) is 0 Å². The molecule has 1 heterocycles. The Hall–Kier alpha value is -0.180. The molecule has 0 aliphatic carbocycles. The lowest BCUT2D eigenvalue weighted by Gasteiger charge is -2.40. The highest BCUT2D eigenvalue weighted by atomic mass is 19.3. The number of likely N-dealkylation sites (tertiary alicyclic amines) is 1. The number of piperidine rings is 1. The van der Waals surface area contributed by atoms with Gasteiger partial charge in [0.1, 0.15) is 0 Å². The summed E-state index contributed by atoms with van der Waals surface area (Å²) < 4.78 is 25.1. The average molecular weight is 205 g/mol. The first-order valence-electron chi connectivity index (χ1n) is 5.58. The maximum atomic E-state index is 12.6. The molecular weight excluding hydrogens is 184 g/mol. The maximum Gasteiger partial charge on any atom is 0.241 e. The van der Waals surface area contributed by atoms with Gasteiger partial charge in [-0.2, -0.15) is 0 Å². The van der Waals surface area contributed by atoms with E-state index in [1.807, 2.05) is 0 Å². The summed E-state index contributed by atoms with van der Waals surface area (Å²) in [5.74, 6) is 0.113. The molecule has 1 nitrogen and oxygen atoms in total. The fourth-order valence-electron chi connectivity index (χ4n) is 2.39. The fraction of sp³-hybridized carbons (Fsp3) is 1.00. The van der Waals surface area contributed by atoms with Gasteiger partial charge in [-0.3, -0.25) is 0 Å². The molecule has 0 N–H and O–H groups in total. The summed E-state index contributed by atoms with van der Waals surface area (Å²) in [7, 11) is 0. The SMILES string of the molecule is CCN1CCC(C(F)F)CC1C(C)C. The van der Waals surface area contributed by atoms with Crippen molar-refractivity contribution in [1.29, 1.82) is 0 Å². The van der Waals surface area contributed by atoms with E-state index in [2.05, 4.69) is 25.7 Å². The van der Waals surface area contributed by atoms with Crippen LogP contribution >= 0.6 is 0 Å². The molecule has 84 valence electrons. The Labute approximate surface area is 85.5 Å². The minimum absolute atomic E-state index is 0.354. The van der Waals surface area contributed by atoms with Crippen LogP contribution in [0, 0.1) is 11.8 Å². The van der Waals surface area contributed by atoms with Crippen LogP contribution < -0.4 is 0 Å². The minimum Gasteiger partial charge on any atom is -0.300 e. The normalized spacial score (nSPS) is 30.2. The highest BCUT2D eigenvalue weighted by Crippen LogP contribution is 2.30. The molecule has 0 spiro atoms. The van der Waals surface area contributed by atoms with Crippen LogP contribution in [0.3, 0.4) is 0 Å². The third kappa shape index (κ3) is 2.66. The van der Waals surface area contributed by atoms with Gasteiger partial charge in [-0.05, 0) is 31.8 Å². The van der Waals surface area contributed by atoms with Gasteiger partial charge in [-0.15, -0.1) is 0 Å². The van der Waals surface area contributed by atoms with Crippen LogP contribution in [0.1, 0.15) is 33.6 Å². The quantitative estimate of drug-likeness (QED) is 0.684. The second-order valence-corrected chi connectivity index (χ2v) is 4.56. The van der Waals surface area contributed by atoms with E-state index in [1.165, 1.54) is 0 Å². The van der Waals surface area contributed by atoms with Gasteiger partial charge < -0.3 is 4.90 Å². The van der Waals surface area contributed by atoms with E-state index >= 15 is 0 Å². The minimum atomic E-state index is -2.13. The van der Waals surface area contributed by atoms with Crippen molar-refractivity contribution in [3.05, 3.63) is 0 Å². The predicted octanol–water partition coefficient (Wildman–Crippen LogP) is 3.01. The van der Waals surface area contributed by atoms with Gasteiger partial charge in [0, 0.05) is 12.0 Å². The zero-order valence-corrected chi connectivity index (χ0v) is 9.34. The molecule has 1 fully saturated rings. The first kappa shape index (κ1) is 11.9. The molecule has 1 saturated heterocycles. The Kier molecular flexibility index (Phi) is 4.30. The van der Waals surface area contributed by atoms with Crippen molar-refractivity contribution < 1.29 is 8.78 Å². The summed E-state index contributed by atoms with van der Waals surface area (Å²) in [6.45, 7) is 8.19. The smallest absolute Gasteiger partial charge is 0.241 e. The second kappa shape index (κ2) is 5.06. The molecule has 0 saturated carbocycles. The van der Waals surface area contributed by atoms with Gasteiger partial charge in [0.05, 0.1) is 0 Å². The number of hydrogen-bond acceptors (Lipinski definition) is 1. The van der Waals surface area contributed by atoms with Gasteiger partial charge in [0.2, 0.25) is 6.43 Å². The molecule has 1 aliphatic rings. The molecule has 0 aromatic heterocycles. The molecule has 0 radical (unpaired) electrons. The summed E-state index contributed by atoms with van der Waals surface area (Å²) in [6, 6.07) is 0.354. The van der Waals surface area contributed by atoms with Gasteiger partial charge in [0.15, 0.2) is 0 Å². The van der Waals surface area contributed by atoms with Crippen LogP contribution in [-0.4, -0.2) is 30.5 Å². The van der Waals surface area contributed by atoms with Crippen LogP contribution in [0.25, 0.3) is 0 Å². The molecular formula is C11H21F2N. The molecule has 14 heavy (non-hydrogen) atoms. The third-order valence-electron chi connectivity index (χ3n) is 3.33. The zero-order valence-electron chi connectivity index (χ0n) is 9.34. The highest BCUT2D eigenvalue weighted by Gasteiger charge is 2.33. The topological polar surface area (TPSA) is 3.24 Å². The van der Waals surface area contributed by atoms with Crippen LogP contribution in [0.15, 0.2) is 0 Å². The molecule has 0 aromatic carbocycles. The third-order valence-corrected chi connectivity index (χ3v) is 3.33. The predicted molar refractivity (Wildman–Crippen MR) is 54.6 cm³/mol. The monoisotopic (exact) mass is 205 g/mol. The van der Waals surface area contributed by atoms with Crippen molar-refractivity contribution in [2.45, 2.75) is 46.1 Å². The lowest BCUT2D eigenvalue weighted by atomic mass is 9.85. The molecule has 1 rings (SSSR count). The van der Waals surface area contributed by atoms with E-state index in [1.54, 1.807) is 0 Å². The molecule has 0 amide bonds. The summed E-state index contributed by atoms with van der Waals surface area (Å²) in [5, 5.41) is 0. The Balaban J connectivity index is 2.57. The lowest BCUT2D eigenvalue weighted by Crippen LogP contribution is -2.46. The van der Waals surface area contributed by atoms with Gasteiger partial charge in [-0.25, -0.2) is 8.78 Å². The Morgan fingerprint density at radius 3 is 2.43 bits per heavy atom. The highest BCUT2D eigenvalue weighted by molar-refractivity contribution is 4.84. The lowest BCUT2D eigenvalue weighted by molar-refractivity contribution is 0.000831. The molecule has 2 unspecified atom stereocenters. The van der Waals surface area contributed by atoms with E-state index < -0.39 is 6.43 Å². The summed E-state index contributed by atoms with van der Waals surface area (Å²) in [6.07, 6.45) is -0.798. The van der Waals surface area contributed by atoms with Crippen LogP contribution in [-0.2, 0) is 0 Å². The number of alkyl halides is 2. The van der Waals surface area contributed by atoms with Crippen molar-refractivity contribution in [3.63, 3.8) is 0 Å². The van der Waals surface area contributed by atoms with E-state index in [-0.39, 0.29) is 5.92 Å². The van der Waals surface area contributed by atoms with E-state index in [9.17, 15) is 8.78 Å². The fourth-order valence-corrected chi connectivity index (χ4v) is 2.39. The molecule has 0 bridgehead atoms. The second-order valence-electron chi connectivity index (χ2n) is 4.56. The van der Waals surface area contributed by atoms with Gasteiger partial charge in [-0.1, -0.05) is 20.8 Å². The Morgan fingerprint density at radius 1 is 1.36 bits per heavy atom. The van der Waals surface area contributed by atoms with Crippen molar-refractivity contribution in [3.8, 4) is 0 Å². The summed E-state index contributed by atoms with van der Waals surface area (Å²) >= 11 is 0. The number of nitrogens with zero attached hydrogens (tertiary/aromatic N) is 1. The number of halogens is 2. The first-order valence-corrected chi connectivity index (χ1v) is 5.58. The van der Waals surface area contributed by atoms with Gasteiger partial charge >= 0.3 is 0 Å². The number of rotatable bonds is 3. The van der Waals surface area contributed by atoms with Crippen molar-refractivity contribution >= 4 is 0 Å². The van der Waals surface area contributed by atoms with Crippen LogP contribution in [0.2, 0.25) is 0 Å². The van der Waals surface area contributed by atoms with Gasteiger partial charge in [0.25, 0.3) is 0 Å². The standard InChI is InChI=1S/C11H21F2N/c1-4-14-6-5-9(11(12)13)7-10(14)8(2)3/h8-11H,4-7H2,1-3H3. The summed E-state index contributed by atoms with van der Waals surface area (Å²) in [4.78, 5) is 2.34. The van der Waals surface area contributed by atoms with Crippen molar-refractivity contribution in [1.82, 2.24) is 4.90 Å². The Bertz CT molecular complexity index is 171. The molecule has 2 atom stereocenters. The number of hydrogen-bond donors (Lipinski definition) is 0. The first-order chi connectivity index (χ1) is 6.56. The van der Waals surface area contributed by atoms with Crippen molar-refractivity contribution in [2.24, 2.45) is 11.8 Å². The van der Waals surface area contributed by atoms with E-state index in [0.717, 1.165) is 13.1 Å². The average Bonchev–Trinajstić information content (AvgIpc) is 2.16. The zero-order chi connectivity index (χ0) is 10.7. The largest absolute Gasteiger partial charge is 0.300 e. The molecule has 3 heteroatoms. The maximum absolute atomic E-state index is 12.6. The summed E-state index contributed by atoms with van der Waals surface area (Å²) in [5.41, 5.74) is 0. The van der Waals surface area contributed by atoms with Crippen molar-refractivity contribution in [2.75, 3.05) is 13.1 Å². The Morgan fingerprint density at radius 2 is 2.00 bits per heavy atom.